The molecule has 2 aromatic carbocycles. The number of carbonyl (C=O) groups excluding carboxylic acids is 1. The molecular formula is C21H21ClN4OS. The normalized spacial score (nSPS) is 15.2. The van der Waals surface area contributed by atoms with Crippen LogP contribution < -0.4 is 11.1 Å². The van der Waals surface area contributed by atoms with E-state index in [9.17, 15) is 4.79 Å². The maximum absolute atomic E-state index is 12.7. The number of fused-ring (bicyclic) bond motifs is 1. The number of carbonyl (C=O) groups is 1. The van der Waals surface area contributed by atoms with Crippen molar-refractivity contribution in [3.63, 3.8) is 0 Å². The highest BCUT2D eigenvalue weighted by Crippen LogP contribution is 2.26. The Balaban J connectivity index is 1.42. The van der Waals surface area contributed by atoms with E-state index in [1.54, 1.807) is 11.3 Å². The van der Waals surface area contributed by atoms with Gasteiger partial charge in [-0.3, -0.25) is 9.69 Å². The quantitative estimate of drug-likeness (QED) is 0.669. The lowest BCUT2D eigenvalue weighted by molar-refractivity contribution is -0.113. The molecule has 0 radical (unpaired) electrons. The maximum atomic E-state index is 12.7. The third kappa shape index (κ3) is 4.19. The first-order valence-corrected chi connectivity index (χ1v) is 10.3. The number of rotatable bonds is 4. The highest BCUT2D eigenvalue weighted by molar-refractivity contribution is 7.18. The predicted octanol–water partition coefficient (Wildman–Crippen LogP) is 4.32. The van der Waals surface area contributed by atoms with Crippen molar-refractivity contribution in [1.29, 1.82) is 0 Å². The number of amides is 1. The van der Waals surface area contributed by atoms with E-state index in [0.29, 0.717) is 24.2 Å². The average molecular weight is 413 g/mol. The molecule has 2 heterocycles. The summed E-state index contributed by atoms with van der Waals surface area (Å²) in [5, 5.41) is 4.72. The Morgan fingerprint density at radius 3 is 2.82 bits per heavy atom. The van der Waals surface area contributed by atoms with Gasteiger partial charge < -0.3 is 11.1 Å². The summed E-state index contributed by atoms with van der Waals surface area (Å²) >= 11 is 7.56. The molecule has 5 nitrogen and oxygen atoms in total. The molecule has 0 fully saturated rings. The molecule has 3 aromatic rings. The van der Waals surface area contributed by atoms with Crippen molar-refractivity contribution in [3.05, 3.63) is 69.3 Å². The standard InChI is InChI=1S/C21H21ClN4OS/c1-13-24-19-7-6-16(10-20(19)28-13)25-21(27)17-8-9-26(12-18(17)23)11-14-2-4-15(22)5-3-14/h2-7,10H,8-9,11-12,23H2,1H3,(H,25,27). The first kappa shape index (κ1) is 18.9. The number of benzene rings is 2. The van der Waals surface area contributed by atoms with E-state index >= 15 is 0 Å². The largest absolute Gasteiger partial charge is 0.401 e. The van der Waals surface area contributed by atoms with Gasteiger partial charge in [0.2, 0.25) is 0 Å². The fourth-order valence-electron chi connectivity index (χ4n) is 3.41. The minimum Gasteiger partial charge on any atom is -0.401 e. The molecule has 28 heavy (non-hydrogen) atoms. The number of hydrogen-bond acceptors (Lipinski definition) is 5. The number of anilines is 1. The molecule has 0 aliphatic carbocycles. The molecule has 4 rings (SSSR count). The van der Waals surface area contributed by atoms with Crippen LogP contribution in [0.1, 0.15) is 17.0 Å². The molecule has 1 amide bonds. The molecular weight excluding hydrogens is 392 g/mol. The lowest BCUT2D eigenvalue weighted by Gasteiger charge is -2.28. The summed E-state index contributed by atoms with van der Waals surface area (Å²) in [5.41, 5.74) is 10.5. The van der Waals surface area contributed by atoms with Crippen LogP contribution in [0, 0.1) is 6.92 Å². The topological polar surface area (TPSA) is 71.2 Å². The zero-order valence-electron chi connectivity index (χ0n) is 15.5. The summed E-state index contributed by atoms with van der Waals surface area (Å²) in [6.07, 6.45) is 0.632. The summed E-state index contributed by atoms with van der Waals surface area (Å²) in [5.74, 6) is -0.121. The molecule has 1 aromatic heterocycles. The Hall–Kier alpha value is -2.41. The van der Waals surface area contributed by atoms with Crippen LogP contribution in [0.5, 0.6) is 0 Å². The SMILES string of the molecule is Cc1nc2ccc(NC(=O)C3=C(N)CN(Cc4ccc(Cl)cc4)CC3)cc2s1. The zero-order chi connectivity index (χ0) is 19.7. The number of thiazole rings is 1. The van der Waals surface area contributed by atoms with E-state index < -0.39 is 0 Å². The highest BCUT2D eigenvalue weighted by atomic mass is 35.5. The summed E-state index contributed by atoms with van der Waals surface area (Å²) < 4.78 is 1.06. The second-order valence-corrected chi connectivity index (χ2v) is 8.63. The van der Waals surface area contributed by atoms with Crippen LogP contribution in [0.2, 0.25) is 5.02 Å². The maximum Gasteiger partial charge on any atom is 0.253 e. The summed E-state index contributed by atoms with van der Waals surface area (Å²) in [4.78, 5) is 19.4. The molecule has 1 aliphatic heterocycles. The van der Waals surface area contributed by atoms with Crippen LogP contribution in [0.15, 0.2) is 53.7 Å². The Labute approximate surface area is 172 Å². The monoisotopic (exact) mass is 412 g/mol. The van der Waals surface area contributed by atoms with Crippen molar-refractivity contribution in [1.82, 2.24) is 9.88 Å². The van der Waals surface area contributed by atoms with Gasteiger partial charge in [-0.15, -0.1) is 11.3 Å². The minimum absolute atomic E-state index is 0.121. The van der Waals surface area contributed by atoms with Gasteiger partial charge in [0, 0.05) is 41.6 Å². The second kappa shape index (κ2) is 7.91. The Kier molecular flexibility index (Phi) is 5.35. The first-order chi connectivity index (χ1) is 13.5. The molecule has 0 spiro atoms. The predicted molar refractivity (Wildman–Crippen MR) is 116 cm³/mol. The highest BCUT2D eigenvalue weighted by Gasteiger charge is 2.22. The van der Waals surface area contributed by atoms with Crippen LogP contribution in [0.4, 0.5) is 5.69 Å². The first-order valence-electron chi connectivity index (χ1n) is 9.11. The number of nitrogens with two attached hydrogens (primary N) is 1. The van der Waals surface area contributed by atoms with E-state index in [1.165, 1.54) is 5.56 Å². The molecule has 0 unspecified atom stereocenters. The van der Waals surface area contributed by atoms with Crippen LogP contribution in [-0.2, 0) is 11.3 Å². The molecule has 1 aliphatic rings. The number of aromatic nitrogens is 1. The number of nitrogens with zero attached hydrogens (tertiary/aromatic N) is 2. The Bertz CT molecular complexity index is 1060. The van der Waals surface area contributed by atoms with Crippen LogP contribution >= 0.6 is 22.9 Å². The molecule has 0 saturated carbocycles. The third-order valence-electron chi connectivity index (χ3n) is 4.81. The summed E-state index contributed by atoms with van der Waals surface area (Å²) in [7, 11) is 0. The Morgan fingerprint density at radius 2 is 2.07 bits per heavy atom. The van der Waals surface area contributed by atoms with Crippen LogP contribution in [-0.4, -0.2) is 28.9 Å². The molecule has 0 bridgehead atoms. The molecule has 144 valence electrons. The summed E-state index contributed by atoms with van der Waals surface area (Å²) in [6.45, 7) is 4.14. The number of hydrogen-bond donors (Lipinski definition) is 2. The average Bonchev–Trinajstić information content (AvgIpc) is 3.03. The molecule has 3 N–H and O–H groups in total. The van der Waals surface area contributed by atoms with Gasteiger partial charge in [0.15, 0.2) is 0 Å². The summed E-state index contributed by atoms with van der Waals surface area (Å²) in [6, 6.07) is 13.6. The third-order valence-corrected chi connectivity index (χ3v) is 5.99. The fraction of sp³-hybridized carbons (Fsp3) is 0.238. The van der Waals surface area contributed by atoms with E-state index in [2.05, 4.69) is 15.2 Å². The van der Waals surface area contributed by atoms with Crippen molar-refractivity contribution in [2.45, 2.75) is 19.9 Å². The van der Waals surface area contributed by atoms with Gasteiger partial charge in [0.05, 0.1) is 15.2 Å². The van der Waals surface area contributed by atoms with E-state index in [1.807, 2.05) is 49.4 Å². The zero-order valence-corrected chi connectivity index (χ0v) is 17.1. The van der Waals surface area contributed by atoms with Gasteiger partial charge in [0.25, 0.3) is 5.91 Å². The van der Waals surface area contributed by atoms with Gasteiger partial charge in [-0.05, 0) is 49.2 Å². The van der Waals surface area contributed by atoms with Gasteiger partial charge in [-0.25, -0.2) is 4.98 Å². The minimum atomic E-state index is -0.121. The number of aryl methyl sites for hydroxylation is 1. The van der Waals surface area contributed by atoms with Crippen LogP contribution in [0.3, 0.4) is 0 Å². The van der Waals surface area contributed by atoms with Crippen molar-refractivity contribution in [2.24, 2.45) is 5.73 Å². The van der Waals surface area contributed by atoms with Gasteiger partial charge in [-0.1, -0.05) is 23.7 Å². The lowest BCUT2D eigenvalue weighted by Crippen LogP contribution is -2.36. The van der Waals surface area contributed by atoms with Gasteiger partial charge >= 0.3 is 0 Å². The lowest BCUT2D eigenvalue weighted by atomic mass is 10.0. The smallest absolute Gasteiger partial charge is 0.253 e. The van der Waals surface area contributed by atoms with E-state index in [4.69, 9.17) is 17.3 Å². The second-order valence-electron chi connectivity index (χ2n) is 6.96. The van der Waals surface area contributed by atoms with Crippen molar-refractivity contribution >= 4 is 44.7 Å². The fourth-order valence-corrected chi connectivity index (χ4v) is 4.40. The van der Waals surface area contributed by atoms with Crippen molar-refractivity contribution < 1.29 is 4.79 Å². The van der Waals surface area contributed by atoms with Gasteiger partial charge in [-0.2, -0.15) is 0 Å². The molecule has 0 saturated heterocycles. The Morgan fingerprint density at radius 1 is 1.29 bits per heavy atom. The van der Waals surface area contributed by atoms with Crippen molar-refractivity contribution in [2.75, 3.05) is 18.4 Å². The van der Waals surface area contributed by atoms with Gasteiger partial charge in [0.1, 0.15) is 0 Å². The van der Waals surface area contributed by atoms with Crippen LogP contribution in [0.25, 0.3) is 10.2 Å². The number of nitrogens with one attached hydrogen (secondary N) is 1. The van der Waals surface area contributed by atoms with E-state index in [0.717, 1.165) is 39.0 Å². The number of halogens is 1. The van der Waals surface area contributed by atoms with E-state index in [-0.39, 0.29) is 5.91 Å². The van der Waals surface area contributed by atoms with Crippen molar-refractivity contribution in [3.8, 4) is 0 Å². The molecule has 0 atom stereocenters. The molecule has 7 heteroatoms.